The normalized spacial score (nSPS) is 10.8. The van der Waals surface area contributed by atoms with Crippen molar-refractivity contribution >= 4 is 0 Å². The Morgan fingerprint density at radius 2 is 1.68 bits per heavy atom. The number of benzene rings is 2. The molecule has 2 aromatic carbocycles. The quantitative estimate of drug-likeness (QED) is 0.559. The number of ether oxygens (including phenoxy) is 2. The van der Waals surface area contributed by atoms with E-state index in [1.54, 1.807) is 0 Å². The third-order valence-corrected chi connectivity index (χ3v) is 4.09. The highest BCUT2D eigenvalue weighted by molar-refractivity contribution is 5.33. The molecule has 0 atom stereocenters. The maximum atomic E-state index is 6.02. The van der Waals surface area contributed by atoms with Gasteiger partial charge in [0.05, 0.1) is 0 Å². The lowest BCUT2D eigenvalue weighted by Gasteiger charge is -2.12. The zero-order chi connectivity index (χ0) is 17.7. The van der Waals surface area contributed by atoms with Crippen LogP contribution in [0.3, 0.4) is 0 Å². The molecule has 0 aromatic heterocycles. The second-order valence-electron chi connectivity index (χ2n) is 6.38. The molecule has 0 saturated carbocycles. The minimum absolute atomic E-state index is 0.600. The molecule has 2 rings (SSSR count). The topological polar surface area (TPSA) is 30.5 Å². The molecule has 0 amide bonds. The standard InChI is InChI=1S/C22H31NO2/c1-3-4-15-24-16-7-14-23-17-21-8-5-6-9-22(21)25-18-20-12-10-19(2)11-13-20/h5-6,8-13,23H,3-4,7,14-18H2,1-2H3. The van der Waals surface area contributed by atoms with E-state index in [4.69, 9.17) is 9.47 Å². The van der Waals surface area contributed by atoms with Crippen molar-refractivity contribution in [2.24, 2.45) is 0 Å². The SMILES string of the molecule is CCCCOCCCNCc1ccccc1OCc1ccc(C)cc1. The molecule has 0 bridgehead atoms. The average Bonchev–Trinajstić information content (AvgIpc) is 2.64. The molecular weight excluding hydrogens is 310 g/mol. The number of aryl methyl sites for hydroxylation is 1. The summed E-state index contributed by atoms with van der Waals surface area (Å²) in [7, 11) is 0. The first kappa shape index (κ1) is 19.5. The molecule has 0 radical (unpaired) electrons. The van der Waals surface area contributed by atoms with Crippen LogP contribution in [0.4, 0.5) is 0 Å². The lowest BCUT2D eigenvalue weighted by Crippen LogP contribution is -2.17. The van der Waals surface area contributed by atoms with Gasteiger partial charge in [-0.25, -0.2) is 0 Å². The van der Waals surface area contributed by atoms with E-state index in [9.17, 15) is 0 Å². The average molecular weight is 341 g/mol. The van der Waals surface area contributed by atoms with E-state index >= 15 is 0 Å². The van der Waals surface area contributed by atoms with E-state index in [0.717, 1.165) is 44.9 Å². The van der Waals surface area contributed by atoms with Gasteiger partial charge >= 0.3 is 0 Å². The lowest BCUT2D eigenvalue weighted by molar-refractivity contribution is 0.128. The van der Waals surface area contributed by atoms with Crippen LogP contribution >= 0.6 is 0 Å². The fourth-order valence-corrected chi connectivity index (χ4v) is 2.51. The third-order valence-electron chi connectivity index (χ3n) is 4.09. The van der Waals surface area contributed by atoms with E-state index in [1.807, 2.05) is 12.1 Å². The Morgan fingerprint density at radius 3 is 2.48 bits per heavy atom. The van der Waals surface area contributed by atoms with Crippen molar-refractivity contribution in [3.63, 3.8) is 0 Å². The molecular formula is C22H31NO2. The molecule has 25 heavy (non-hydrogen) atoms. The summed E-state index contributed by atoms with van der Waals surface area (Å²) in [5, 5.41) is 3.48. The van der Waals surface area contributed by atoms with Crippen molar-refractivity contribution < 1.29 is 9.47 Å². The zero-order valence-electron chi connectivity index (χ0n) is 15.6. The Hall–Kier alpha value is -1.84. The van der Waals surface area contributed by atoms with Crippen molar-refractivity contribution in [1.29, 1.82) is 0 Å². The van der Waals surface area contributed by atoms with Gasteiger partial charge < -0.3 is 14.8 Å². The fourth-order valence-electron chi connectivity index (χ4n) is 2.51. The van der Waals surface area contributed by atoms with Gasteiger partial charge in [-0.15, -0.1) is 0 Å². The molecule has 136 valence electrons. The Labute approximate surface area is 152 Å². The summed E-state index contributed by atoms with van der Waals surface area (Å²) >= 11 is 0. The molecule has 0 heterocycles. The number of hydrogen-bond donors (Lipinski definition) is 1. The Morgan fingerprint density at radius 1 is 0.920 bits per heavy atom. The van der Waals surface area contributed by atoms with Crippen LogP contribution < -0.4 is 10.1 Å². The second kappa shape index (κ2) is 11.7. The van der Waals surface area contributed by atoms with Gasteiger partial charge in [-0.05, 0) is 37.9 Å². The highest BCUT2D eigenvalue weighted by Crippen LogP contribution is 2.19. The molecule has 1 N–H and O–H groups in total. The number of hydrogen-bond acceptors (Lipinski definition) is 3. The number of nitrogens with one attached hydrogen (secondary N) is 1. The molecule has 0 unspecified atom stereocenters. The smallest absolute Gasteiger partial charge is 0.124 e. The Bertz CT molecular complexity index is 595. The van der Waals surface area contributed by atoms with Gasteiger partial charge in [0.25, 0.3) is 0 Å². The summed E-state index contributed by atoms with van der Waals surface area (Å²) in [6, 6.07) is 16.7. The van der Waals surface area contributed by atoms with Gasteiger partial charge in [0.2, 0.25) is 0 Å². The molecule has 0 spiro atoms. The summed E-state index contributed by atoms with van der Waals surface area (Å²) in [5.74, 6) is 0.953. The van der Waals surface area contributed by atoms with Crippen molar-refractivity contribution in [3.8, 4) is 5.75 Å². The molecule has 0 fully saturated rings. The van der Waals surface area contributed by atoms with Crippen LogP contribution in [0.25, 0.3) is 0 Å². The summed E-state index contributed by atoms with van der Waals surface area (Å²) in [6.07, 6.45) is 3.38. The van der Waals surface area contributed by atoms with E-state index in [1.165, 1.54) is 23.1 Å². The van der Waals surface area contributed by atoms with Gasteiger partial charge in [0, 0.05) is 25.3 Å². The van der Waals surface area contributed by atoms with Crippen LogP contribution in [0.1, 0.15) is 42.9 Å². The van der Waals surface area contributed by atoms with E-state index in [-0.39, 0.29) is 0 Å². The largest absolute Gasteiger partial charge is 0.489 e. The molecule has 3 heteroatoms. The maximum Gasteiger partial charge on any atom is 0.124 e. The zero-order valence-corrected chi connectivity index (χ0v) is 15.6. The Balaban J connectivity index is 1.71. The lowest BCUT2D eigenvalue weighted by atomic mass is 10.1. The van der Waals surface area contributed by atoms with E-state index in [2.05, 4.69) is 55.6 Å². The van der Waals surface area contributed by atoms with Crippen molar-refractivity contribution in [3.05, 3.63) is 65.2 Å². The van der Waals surface area contributed by atoms with Crippen molar-refractivity contribution in [2.75, 3.05) is 19.8 Å². The Kier molecular flexibility index (Phi) is 9.09. The predicted molar refractivity (Wildman–Crippen MR) is 104 cm³/mol. The molecule has 0 aliphatic heterocycles. The highest BCUT2D eigenvalue weighted by atomic mass is 16.5. The molecule has 2 aromatic rings. The van der Waals surface area contributed by atoms with E-state index < -0.39 is 0 Å². The molecule has 0 saturated heterocycles. The molecule has 3 nitrogen and oxygen atoms in total. The maximum absolute atomic E-state index is 6.02. The van der Waals surface area contributed by atoms with Crippen molar-refractivity contribution in [2.45, 2.75) is 46.3 Å². The van der Waals surface area contributed by atoms with Gasteiger partial charge in [-0.3, -0.25) is 0 Å². The minimum Gasteiger partial charge on any atom is -0.489 e. The van der Waals surface area contributed by atoms with Crippen molar-refractivity contribution in [1.82, 2.24) is 5.32 Å². The van der Waals surface area contributed by atoms with Crippen LogP contribution in [0.15, 0.2) is 48.5 Å². The van der Waals surface area contributed by atoms with Gasteiger partial charge in [0.15, 0.2) is 0 Å². The number of para-hydroxylation sites is 1. The van der Waals surface area contributed by atoms with Crippen LogP contribution in [0, 0.1) is 6.92 Å². The first-order chi connectivity index (χ1) is 12.3. The number of rotatable bonds is 12. The van der Waals surface area contributed by atoms with Crippen LogP contribution in [0.5, 0.6) is 5.75 Å². The molecule has 0 aliphatic carbocycles. The van der Waals surface area contributed by atoms with Crippen LogP contribution in [-0.2, 0) is 17.9 Å². The van der Waals surface area contributed by atoms with Gasteiger partial charge in [0.1, 0.15) is 12.4 Å². The molecule has 0 aliphatic rings. The highest BCUT2D eigenvalue weighted by Gasteiger charge is 2.03. The summed E-state index contributed by atoms with van der Waals surface area (Å²) < 4.78 is 11.6. The second-order valence-corrected chi connectivity index (χ2v) is 6.38. The summed E-state index contributed by atoms with van der Waals surface area (Å²) in [5.41, 5.74) is 3.66. The first-order valence-corrected chi connectivity index (χ1v) is 9.34. The minimum atomic E-state index is 0.600. The van der Waals surface area contributed by atoms with E-state index in [0.29, 0.717) is 6.61 Å². The number of unbranched alkanes of at least 4 members (excludes halogenated alkanes) is 1. The van der Waals surface area contributed by atoms with Gasteiger partial charge in [-0.1, -0.05) is 61.4 Å². The van der Waals surface area contributed by atoms with Gasteiger partial charge in [-0.2, -0.15) is 0 Å². The predicted octanol–water partition coefficient (Wildman–Crippen LogP) is 4.87. The summed E-state index contributed by atoms with van der Waals surface area (Å²) in [4.78, 5) is 0. The first-order valence-electron chi connectivity index (χ1n) is 9.34. The fraction of sp³-hybridized carbons (Fsp3) is 0.455. The summed E-state index contributed by atoms with van der Waals surface area (Å²) in [6.45, 7) is 8.37. The van der Waals surface area contributed by atoms with Crippen LogP contribution in [0.2, 0.25) is 0 Å². The third kappa shape index (κ3) is 7.72. The monoisotopic (exact) mass is 341 g/mol. The van der Waals surface area contributed by atoms with Crippen LogP contribution in [-0.4, -0.2) is 19.8 Å².